The second kappa shape index (κ2) is 13.1. The summed E-state index contributed by atoms with van der Waals surface area (Å²) in [5, 5.41) is 12.3. The number of hydrogen-bond donors (Lipinski definition) is 4. The van der Waals surface area contributed by atoms with E-state index in [2.05, 4.69) is 31.2 Å². The van der Waals surface area contributed by atoms with Crippen LogP contribution < -0.4 is 26.0 Å². The molecular weight excluding hydrogens is 577 g/mol. The molecule has 1 fully saturated rings. The minimum atomic E-state index is -0.829. The van der Waals surface area contributed by atoms with E-state index in [1.54, 1.807) is 26.1 Å². The number of aromatic nitrogens is 2. The highest BCUT2D eigenvalue weighted by Crippen LogP contribution is 2.34. The zero-order valence-electron chi connectivity index (χ0n) is 25.0. The van der Waals surface area contributed by atoms with Gasteiger partial charge in [0.05, 0.1) is 29.4 Å². The number of nitrogens with one attached hydrogen (secondary N) is 4. The summed E-state index contributed by atoms with van der Waals surface area (Å²) in [5.41, 5.74) is 0.817. The summed E-state index contributed by atoms with van der Waals surface area (Å²) in [7, 11) is 3.15. The Kier molecular flexibility index (Phi) is 9.71. The number of likely N-dealkylation sites (N-methyl/N-ethyl adjacent to an activating group) is 1. The minimum absolute atomic E-state index is 0.0431. The number of amides is 3. The molecule has 0 unspecified atom stereocenters. The quantitative estimate of drug-likeness (QED) is 0.281. The average Bonchev–Trinajstić information content (AvgIpc) is 3.46. The number of nitrogens with zero attached hydrogens (tertiary/aromatic N) is 3. The van der Waals surface area contributed by atoms with Crippen molar-refractivity contribution in [3.63, 3.8) is 0 Å². The van der Waals surface area contributed by atoms with Crippen LogP contribution in [0.2, 0.25) is 5.02 Å². The molecule has 43 heavy (non-hydrogen) atoms. The number of likely N-dealkylation sites (tertiary alicyclic amines) is 1. The topological polar surface area (TPSA) is 138 Å². The van der Waals surface area contributed by atoms with Gasteiger partial charge in [0.2, 0.25) is 17.7 Å². The fourth-order valence-electron chi connectivity index (χ4n) is 4.89. The molecule has 3 aromatic rings. The third kappa shape index (κ3) is 7.14. The average molecular weight is 614 g/mol. The number of benzene rings is 2. The van der Waals surface area contributed by atoms with Crippen molar-refractivity contribution in [2.24, 2.45) is 5.41 Å². The van der Waals surface area contributed by atoms with Gasteiger partial charge in [-0.15, -0.1) is 0 Å². The van der Waals surface area contributed by atoms with E-state index < -0.39 is 29.4 Å². The molecule has 1 saturated heterocycles. The monoisotopic (exact) mass is 613 g/mol. The number of halogens is 2. The van der Waals surface area contributed by atoms with E-state index in [1.807, 2.05) is 20.8 Å². The molecular formula is C30H37ClFN7O4. The molecule has 1 aliphatic rings. The number of carbonyl (C=O) groups is 3. The van der Waals surface area contributed by atoms with Gasteiger partial charge < -0.3 is 30.9 Å². The summed E-state index contributed by atoms with van der Waals surface area (Å²) in [6.45, 7) is 7.72. The maximum atomic E-state index is 13.8. The second-order valence-electron chi connectivity index (χ2n) is 11.5. The van der Waals surface area contributed by atoms with Crippen molar-refractivity contribution >= 4 is 57.4 Å². The minimum Gasteiger partial charge on any atom is -0.494 e. The van der Waals surface area contributed by atoms with Gasteiger partial charge >= 0.3 is 0 Å². The molecule has 0 saturated carbocycles. The third-order valence-corrected chi connectivity index (χ3v) is 7.75. The van der Waals surface area contributed by atoms with Crippen molar-refractivity contribution in [3.8, 4) is 5.75 Å². The molecule has 230 valence electrons. The van der Waals surface area contributed by atoms with Gasteiger partial charge in [-0.2, -0.15) is 0 Å². The summed E-state index contributed by atoms with van der Waals surface area (Å²) in [4.78, 5) is 50.3. The van der Waals surface area contributed by atoms with Crippen LogP contribution in [0.1, 0.15) is 40.5 Å². The lowest BCUT2D eigenvalue weighted by atomic mass is 9.85. The van der Waals surface area contributed by atoms with Gasteiger partial charge in [0.1, 0.15) is 35.8 Å². The SMILES string of the molecule is CN[C@@H](C)C(=O)N[C@H](C(=O)N1CCC[C@H]1C(=O)Nc1cc2c(Nc3ccc(F)c(Cl)c3)ncnc2cc1OC)C(C)(C)C. The molecule has 3 atom stereocenters. The number of carbonyl (C=O) groups excluding carboxylic acids is 3. The van der Waals surface area contributed by atoms with Crippen molar-refractivity contribution in [1.82, 2.24) is 25.5 Å². The highest BCUT2D eigenvalue weighted by atomic mass is 35.5. The van der Waals surface area contributed by atoms with E-state index in [0.717, 1.165) is 0 Å². The Balaban J connectivity index is 1.60. The Morgan fingerprint density at radius 3 is 2.56 bits per heavy atom. The van der Waals surface area contributed by atoms with Crippen LogP contribution in [0, 0.1) is 11.2 Å². The molecule has 11 nitrogen and oxygen atoms in total. The summed E-state index contributed by atoms with van der Waals surface area (Å²) in [6.07, 6.45) is 2.47. The zero-order valence-corrected chi connectivity index (χ0v) is 25.8. The van der Waals surface area contributed by atoms with Gasteiger partial charge in [-0.1, -0.05) is 32.4 Å². The molecule has 4 rings (SSSR count). The first-order valence-corrected chi connectivity index (χ1v) is 14.4. The Labute approximate surface area is 254 Å². The predicted octanol–water partition coefficient (Wildman–Crippen LogP) is 4.24. The van der Waals surface area contributed by atoms with Crippen LogP contribution >= 0.6 is 11.6 Å². The van der Waals surface area contributed by atoms with E-state index in [9.17, 15) is 18.8 Å². The zero-order chi connectivity index (χ0) is 31.5. The number of hydrogen-bond acceptors (Lipinski definition) is 8. The van der Waals surface area contributed by atoms with E-state index in [0.29, 0.717) is 53.2 Å². The lowest BCUT2D eigenvalue weighted by Gasteiger charge is -2.36. The van der Waals surface area contributed by atoms with Crippen molar-refractivity contribution in [1.29, 1.82) is 0 Å². The van der Waals surface area contributed by atoms with Gasteiger partial charge in [0.15, 0.2) is 0 Å². The maximum Gasteiger partial charge on any atom is 0.247 e. The van der Waals surface area contributed by atoms with E-state index in [-0.39, 0.29) is 22.7 Å². The lowest BCUT2D eigenvalue weighted by molar-refractivity contribution is -0.143. The number of rotatable bonds is 9. The van der Waals surface area contributed by atoms with Crippen LogP contribution in [-0.2, 0) is 14.4 Å². The fraction of sp³-hybridized carbons (Fsp3) is 0.433. The first-order chi connectivity index (χ1) is 20.3. The number of methoxy groups -OCH3 is 1. The summed E-state index contributed by atoms with van der Waals surface area (Å²) >= 11 is 5.94. The smallest absolute Gasteiger partial charge is 0.247 e. The summed E-state index contributed by atoms with van der Waals surface area (Å²) in [6, 6.07) is 5.49. The van der Waals surface area contributed by atoms with Crippen LogP contribution in [-0.4, -0.2) is 71.4 Å². The van der Waals surface area contributed by atoms with Crippen LogP contribution in [0.25, 0.3) is 10.9 Å². The van der Waals surface area contributed by atoms with Crippen LogP contribution in [0.15, 0.2) is 36.7 Å². The van der Waals surface area contributed by atoms with Crippen LogP contribution in [0.3, 0.4) is 0 Å². The van der Waals surface area contributed by atoms with E-state index in [1.165, 1.54) is 36.5 Å². The second-order valence-corrected chi connectivity index (χ2v) is 11.9. The highest BCUT2D eigenvalue weighted by Gasteiger charge is 2.42. The first kappa shape index (κ1) is 31.9. The number of fused-ring (bicyclic) bond motifs is 1. The Morgan fingerprint density at radius 2 is 1.91 bits per heavy atom. The number of ether oxygens (including phenoxy) is 1. The van der Waals surface area contributed by atoms with E-state index in [4.69, 9.17) is 16.3 Å². The first-order valence-electron chi connectivity index (χ1n) is 14.0. The Bertz CT molecular complexity index is 1530. The molecule has 3 amide bonds. The predicted molar refractivity (Wildman–Crippen MR) is 164 cm³/mol. The van der Waals surface area contributed by atoms with Gasteiger partial charge in [-0.25, -0.2) is 14.4 Å². The van der Waals surface area contributed by atoms with Crippen molar-refractivity contribution < 1.29 is 23.5 Å². The molecule has 13 heteroatoms. The molecule has 2 aromatic carbocycles. The van der Waals surface area contributed by atoms with Crippen molar-refractivity contribution in [3.05, 3.63) is 47.5 Å². The molecule has 1 aliphatic heterocycles. The Morgan fingerprint density at radius 1 is 1.16 bits per heavy atom. The van der Waals surface area contributed by atoms with Gasteiger partial charge in [0.25, 0.3) is 0 Å². The van der Waals surface area contributed by atoms with Crippen molar-refractivity contribution in [2.45, 2.75) is 58.7 Å². The number of anilines is 3. The molecule has 2 heterocycles. The Hall–Kier alpha value is -4.03. The molecule has 1 aromatic heterocycles. The van der Waals surface area contributed by atoms with Gasteiger partial charge in [0, 0.05) is 23.7 Å². The molecule has 4 N–H and O–H groups in total. The van der Waals surface area contributed by atoms with Gasteiger partial charge in [-0.3, -0.25) is 14.4 Å². The maximum absolute atomic E-state index is 13.8. The molecule has 0 bridgehead atoms. The summed E-state index contributed by atoms with van der Waals surface area (Å²) in [5.74, 6) is -0.771. The van der Waals surface area contributed by atoms with Crippen molar-refractivity contribution in [2.75, 3.05) is 31.3 Å². The third-order valence-electron chi connectivity index (χ3n) is 7.46. The van der Waals surface area contributed by atoms with Crippen LogP contribution in [0.4, 0.5) is 21.6 Å². The fourth-order valence-corrected chi connectivity index (χ4v) is 5.07. The lowest BCUT2D eigenvalue weighted by Crippen LogP contribution is -2.59. The van der Waals surface area contributed by atoms with Crippen LogP contribution in [0.5, 0.6) is 5.75 Å². The molecule has 0 aliphatic carbocycles. The molecule has 0 radical (unpaired) electrons. The van der Waals surface area contributed by atoms with Gasteiger partial charge in [-0.05, 0) is 56.5 Å². The molecule has 0 spiro atoms. The largest absolute Gasteiger partial charge is 0.494 e. The summed E-state index contributed by atoms with van der Waals surface area (Å²) < 4.78 is 19.2. The standard InChI is InChI=1S/C30H37ClFN7O4/c1-16(33-5)27(40)38-25(30(2,3)4)29(42)39-11-7-8-23(39)28(41)37-22-13-18-21(14-24(22)43-6)34-15-35-26(18)36-17-9-10-20(32)19(31)12-17/h9-10,12-16,23,25,33H,7-8,11H2,1-6H3,(H,37,41)(H,38,40)(H,34,35,36)/t16-,23-,25+/m0/s1. The van der Waals surface area contributed by atoms with E-state index >= 15 is 0 Å². The normalized spacial score (nSPS) is 16.5. The highest BCUT2D eigenvalue weighted by molar-refractivity contribution is 6.31.